The Bertz CT molecular complexity index is 276. The number of rotatable bonds is 3. The van der Waals surface area contributed by atoms with Crippen molar-refractivity contribution in [3.8, 4) is 0 Å². The topological polar surface area (TPSA) is 32.3 Å². The minimum atomic E-state index is -4.14. The second-order valence-corrected chi connectivity index (χ2v) is 5.02. The number of carbonyl (C=O) groups excluding carboxylic acids is 1. The van der Waals surface area contributed by atoms with Crippen LogP contribution in [0.15, 0.2) is 0 Å². The molecule has 100 valence electrons. The van der Waals surface area contributed by atoms with Gasteiger partial charge in [0.2, 0.25) is 0 Å². The third kappa shape index (κ3) is 4.44. The first-order valence-electron chi connectivity index (χ1n) is 5.85. The number of hydrogen-bond donors (Lipinski definition) is 1. The van der Waals surface area contributed by atoms with Gasteiger partial charge in [0, 0.05) is 25.0 Å². The number of urea groups is 1. The number of likely N-dealkylation sites (tertiary alicyclic amines) is 1. The van der Waals surface area contributed by atoms with Crippen molar-refractivity contribution < 1.29 is 18.0 Å². The maximum atomic E-state index is 11.9. The summed E-state index contributed by atoms with van der Waals surface area (Å²) in [5.41, 5.74) is -0.186. The monoisotopic (exact) mass is 252 g/mol. The third-order valence-corrected chi connectivity index (χ3v) is 3.06. The van der Waals surface area contributed by atoms with E-state index in [1.807, 2.05) is 13.8 Å². The predicted octanol–water partition coefficient (Wildman–Crippen LogP) is 2.91. The van der Waals surface area contributed by atoms with Gasteiger partial charge in [-0.25, -0.2) is 4.79 Å². The Hall–Kier alpha value is -0.940. The summed E-state index contributed by atoms with van der Waals surface area (Å²) < 4.78 is 35.6. The predicted molar refractivity (Wildman–Crippen MR) is 58.7 cm³/mol. The van der Waals surface area contributed by atoms with Gasteiger partial charge in [-0.3, -0.25) is 0 Å². The van der Waals surface area contributed by atoms with Gasteiger partial charge in [0.05, 0.1) is 0 Å². The molecule has 0 aliphatic carbocycles. The molecule has 17 heavy (non-hydrogen) atoms. The molecule has 0 saturated carbocycles. The molecule has 0 atom stereocenters. The lowest BCUT2D eigenvalue weighted by molar-refractivity contribution is -0.135. The third-order valence-electron chi connectivity index (χ3n) is 3.06. The highest BCUT2D eigenvalue weighted by molar-refractivity contribution is 5.75. The van der Waals surface area contributed by atoms with Gasteiger partial charge in [0.15, 0.2) is 0 Å². The number of hydrogen-bond acceptors (Lipinski definition) is 1. The fourth-order valence-corrected chi connectivity index (χ4v) is 2.06. The number of halogens is 3. The second kappa shape index (κ2) is 5.14. The summed E-state index contributed by atoms with van der Waals surface area (Å²) in [5, 5.41) is 2.54. The molecule has 0 spiro atoms. The van der Waals surface area contributed by atoms with Crippen LogP contribution in [0.4, 0.5) is 18.0 Å². The van der Waals surface area contributed by atoms with Crippen LogP contribution >= 0.6 is 0 Å². The average Bonchev–Trinajstić information content (AvgIpc) is 2.51. The first-order chi connectivity index (χ1) is 7.72. The number of carbonyl (C=O) groups is 1. The normalized spacial score (nSPS) is 19.5. The SMILES string of the molecule is CC1(C)CCCN1C(=O)NCCCC(F)(F)F. The summed E-state index contributed by atoms with van der Waals surface area (Å²) in [4.78, 5) is 13.4. The van der Waals surface area contributed by atoms with Crippen LogP contribution < -0.4 is 5.32 Å². The van der Waals surface area contributed by atoms with Crippen molar-refractivity contribution in [2.75, 3.05) is 13.1 Å². The minimum absolute atomic E-state index is 0.0660. The minimum Gasteiger partial charge on any atom is -0.338 e. The second-order valence-electron chi connectivity index (χ2n) is 5.02. The Kier molecular flexibility index (Phi) is 4.27. The van der Waals surface area contributed by atoms with Crippen LogP contribution in [-0.2, 0) is 0 Å². The Morgan fingerprint density at radius 2 is 2.06 bits per heavy atom. The summed E-state index contributed by atoms with van der Waals surface area (Å²) in [6.07, 6.45) is -3.18. The molecule has 0 radical (unpaired) electrons. The zero-order chi connectivity index (χ0) is 13.1. The Balaban J connectivity index is 2.26. The van der Waals surface area contributed by atoms with Crippen LogP contribution in [-0.4, -0.2) is 35.7 Å². The summed E-state index contributed by atoms with van der Waals surface area (Å²) in [6.45, 7) is 4.69. The van der Waals surface area contributed by atoms with E-state index in [0.29, 0.717) is 6.54 Å². The first kappa shape index (κ1) is 14.1. The molecule has 3 nitrogen and oxygen atoms in total. The standard InChI is InChI=1S/C11H19F3N2O/c1-10(2)5-4-8-16(10)9(17)15-7-3-6-11(12,13)14/h3-8H2,1-2H3,(H,15,17). The summed E-state index contributed by atoms with van der Waals surface area (Å²) in [6, 6.07) is -0.255. The van der Waals surface area contributed by atoms with Crippen molar-refractivity contribution >= 4 is 6.03 Å². The van der Waals surface area contributed by atoms with E-state index >= 15 is 0 Å². The Morgan fingerprint density at radius 3 is 2.53 bits per heavy atom. The van der Waals surface area contributed by atoms with Crippen LogP contribution in [0.3, 0.4) is 0 Å². The molecule has 1 fully saturated rings. The molecule has 1 N–H and O–H groups in total. The van der Waals surface area contributed by atoms with E-state index < -0.39 is 12.6 Å². The van der Waals surface area contributed by atoms with E-state index in [-0.39, 0.29) is 24.5 Å². The van der Waals surface area contributed by atoms with Crippen molar-refractivity contribution in [3.63, 3.8) is 0 Å². The number of amides is 2. The Morgan fingerprint density at radius 1 is 1.41 bits per heavy atom. The van der Waals surface area contributed by atoms with E-state index in [9.17, 15) is 18.0 Å². The molecule has 0 bridgehead atoms. The molecule has 0 aromatic heterocycles. The van der Waals surface area contributed by atoms with Crippen LogP contribution in [0.25, 0.3) is 0 Å². The van der Waals surface area contributed by atoms with Crippen LogP contribution in [0.2, 0.25) is 0 Å². The number of alkyl halides is 3. The number of nitrogens with one attached hydrogen (secondary N) is 1. The molecule has 6 heteroatoms. The van der Waals surface area contributed by atoms with Gasteiger partial charge in [0.25, 0.3) is 0 Å². The van der Waals surface area contributed by atoms with E-state index in [1.165, 1.54) is 0 Å². The Labute approximate surface area is 99.4 Å². The smallest absolute Gasteiger partial charge is 0.338 e. The molecule has 1 aliphatic rings. The molecule has 0 aromatic carbocycles. The molecule has 1 rings (SSSR count). The first-order valence-corrected chi connectivity index (χ1v) is 5.85. The highest BCUT2D eigenvalue weighted by Crippen LogP contribution is 2.28. The average molecular weight is 252 g/mol. The van der Waals surface area contributed by atoms with Crippen molar-refractivity contribution in [2.24, 2.45) is 0 Å². The van der Waals surface area contributed by atoms with Crippen molar-refractivity contribution in [3.05, 3.63) is 0 Å². The largest absolute Gasteiger partial charge is 0.389 e. The van der Waals surface area contributed by atoms with Gasteiger partial charge >= 0.3 is 12.2 Å². The molecule has 1 aliphatic heterocycles. The lowest BCUT2D eigenvalue weighted by Gasteiger charge is -2.31. The van der Waals surface area contributed by atoms with Gasteiger partial charge < -0.3 is 10.2 Å². The lowest BCUT2D eigenvalue weighted by Crippen LogP contribution is -2.48. The van der Waals surface area contributed by atoms with Gasteiger partial charge in [-0.15, -0.1) is 0 Å². The van der Waals surface area contributed by atoms with Gasteiger partial charge in [-0.2, -0.15) is 13.2 Å². The zero-order valence-corrected chi connectivity index (χ0v) is 10.2. The molecule has 0 unspecified atom stereocenters. The van der Waals surface area contributed by atoms with Crippen LogP contribution in [0, 0.1) is 0 Å². The molecular weight excluding hydrogens is 233 g/mol. The molecule has 1 heterocycles. The van der Waals surface area contributed by atoms with Crippen molar-refractivity contribution in [2.45, 2.75) is 51.2 Å². The summed E-state index contributed by atoms with van der Waals surface area (Å²) in [7, 11) is 0. The zero-order valence-electron chi connectivity index (χ0n) is 10.2. The van der Waals surface area contributed by atoms with Crippen LogP contribution in [0.1, 0.15) is 39.5 Å². The summed E-state index contributed by atoms with van der Waals surface area (Å²) >= 11 is 0. The van der Waals surface area contributed by atoms with E-state index in [0.717, 1.165) is 12.8 Å². The molecule has 1 saturated heterocycles. The molecule has 2 amide bonds. The fourth-order valence-electron chi connectivity index (χ4n) is 2.06. The van der Waals surface area contributed by atoms with Gasteiger partial charge in [-0.1, -0.05) is 0 Å². The van der Waals surface area contributed by atoms with Gasteiger partial charge in [-0.05, 0) is 33.1 Å². The maximum absolute atomic E-state index is 11.9. The highest BCUT2D eigenvalue weighted by Gasteiger charge is 2.35. The van der Waals surface area contributed by atoms with Crippen molar-refractivity contribution in [1.29, 1.82) is 0 Å². The molecule has 0 aromatic rings. The molecular formula is C11H19F3N2O. The number of nitrogens with zero attached hydrogens (tertiary/aromatic N) is 1. The van der Waals surface area contributed by atoms with Crippen molar-refractivity contribution in [1.82, 2.24) is 10.2 Å². The lowest BCUT2D eigenvalue weighted by atomic mass is 10.0. The summed E-state index contributed by atoms with van der Waals surface area (Å²) in [5.74, 6) is 0. The quantitative estimate of drug-likeness (QED) is 0.769. The fraction of sp³-hybridized carbons (Fsp3) is 0.909. The maximum Gasteiger partial charge on any atom is 0.389 e. The van der Waals surface area contributed by atoms with E-state index in [2.05, 4.69) is 5.32 Å². The highest BCUT2D eigenvalue weighted by atomic mass is 19.4. The van der Waals surface area contributed by atoms with E-state index in [1.54, 1.807) is 4.90 Å². The van der Waals surface area contributed by atoms with Crippen LogP contribution in [0.5, 0.6) is 0 Å². The van der Waals surface area contributed by atoms with Gasteiger partial charge in [0.1, 0.15) is 0 Å². The van der Waals surface area contributed by atoms with E-state index in [4.69, 9.17) is 0 Å².